The van der Waals surface area contributed by atoms with E-state index < -0.39 is 0 Å². The van der Waals surface area contributed by atoms with E-state index in [1.807, 2.05) is 0 Å². The maximum Gasteiger partial charge on any atom is 0.305 e. The number of ether oxygens (including phenoxy) is 1. The van der Waals surface area contributed by atoms with Gasteiger partial charge in [0.25, 0.3) is 0 Å². The number of ketones is 1. The fraction of sp³-hybridized carbons (Fsp3) is 0.923. The van der Waals surface area contributed by atoms with Gasteiger partial charge in [-0.15, -0.1) is 0 Å². The van der Waals surface area contributed by atoms with Crippen LogP contribution in [0.1, 0.15) is 85.0 Å². The fourth-order valence-corrected chi connectivity index (χ4v) is 8.84. The van der Waals surface area contributed by atoms with Gasteiger partial charge in [0.05, 0.1) is 13.2 Å². The Bertz CT molecular complexity index is 659. The van der Waals surface area contributed by atoms with Gasteiger partial charge in [-0.1, -0.05) is 20.8 Å². The molecule has 3 unspecified atom stereocenters. The number of hydrogen-bond donors (Lipinski definition) is 1. The normalized spacial score (nSPS) is 46.5. The third-order valence-corrected chi connectivity index (χ3v) is 10.2. The summed E-state index contributed by atoms with van der Waals surface area (Å²) in [6, 6.07) is 0. The molecule has 4 heteroatoms. The van der Waals surface area contributed by atoms with E-state index >= 15 is 0 Å². The summed E-state index contributed by atoms with van der Waals surface area (Å²) < 4.78 is 4.86. The van der Waals surface area contributed by atoms with Gasteiger partial charge in [-0.25, -0.2) is 0 Å². The van der Waals surface area contributed by atoms with Crippen LogP contribution in [0.3, 0.4) is 0 Å². The zero-order chi connectivity index (χ0) is 21.6. The number of carbonyl (C=O) groups is 2. The summed E-state index contributed by atoms with van der Waals surface area (Å²) in [5, 5.41) is 10.3. The van der Waals surface area contributed by atoms with E-state index in [2.05, 4.69) is 20.8 Å². The van der Waals surface area contributed by atoms with Crippen LogP contribution in [-0.4, -0.2) is 30.1 Å². The Morgan fingerprint density at radius 3 is 2.63 bits per heavy atom. The molecule has 4 aliphatic carbocycles. The molecule has 0 bridgehead atoms. The molecule has 1 N–H and O–H groups in total. The molecule has 0 saturated heterocycles. The van der Waals surface area contributed by atoms with Crippen molar-refractivity contribution in [2.24, 2.45) is 52.8 Å². The Hall–Kier alpha value is -0.900. The molecule has 10 atom stereocenters. The molecule has 0 amide bonds. The zero-order valence-corrected chi connectivity index (χ0v) is 19.4. The van der Waals surface area contributed by atoms with Gasteiger partial charge in [0.1, 0.15) is 5.78 Å². The lowest BCUT2D eigenvalue weighted by molar-refractivity contribution is -0.156. The van der Waals surface area contributed by atoms with Crippen molar-refractivity contribution >= 4 is 11.8 Å². The first-order chi connectivity index (χ1) is 14.3. The average Bonchev–Trinajstić information content (AvgIpc) is 3.08. The summed E-state index contributed by atoms with van der Waals surface area (Å²) in [4.78, 5) is 25.5. The highest BCUT2D eigenvalue weighted by Gasteiger charge is 2.61. The molecule has 0 aromatic rings. The van der Waals surface area contributed by atoms with Crippen LogP contribution in [-0.2, 0) is 14.3 Å². The van der Waals surface area contributed by atoms with Crippen molar-refractivity contribution in [3.8, 4) is 0 Å². The van der Waals surface area contributed by atoms with Crippen molar-refractivity contribution in [3.63, 3.8) is 0 Å². The van der Waals surface area contributed by atoms with Crippen molar-refractivity contribution < 1.29 is 19.4 Å². The molecule has 0 heterocycles. The Labute approximate surface area is 182 Å². The minimum absolute atomic E-state index is 0.107. The molecule has 4 nitrogen and oxygen atoms in total. The van der Waals surface area contributed by atoms with Crippen molar-refractivity contribution in [1.29, 1.82) is 0 Å². The fourth-order valence-electron chi connectivity index (χ4n) is 8.84. The molecule has 0 spiro atoms. The van der Waals surface area contributed by atoms with E-state index in [4.69, 9.17) is 4.74 Å². The van der Waals surface area contributed by atoms with Gasteiger partial charge in [0.2, 0.25) is 0 Å². The van der Waals surface area contributed by atoms with Crippen LogP contribution in [0.4, 0.5) is 0 Å². The number of Topliss-reactive ketones (excluding diaryl/α,β-unsaturated/α-hetero) is 1. The summed E-state index contributed by atoms with van der Waals surface area (Å²) in [5.74, 6) is 4.03. The van der Waals surface area contributed by atoms with E-state index in [1.54, 1.807) is 0 Å². The van der Waals surface area contributed by atoms with Gasteiger partial charge in [0, 0.05) is 18.3 Å². The van der Waals surface area contributed by atoms with E-state index in [0.717, 1.165) is 32.1 Å². The van der Waals surface area contributed by atoms with E-state index in [9.17, 15) is 14.7 Å². The Morgan fingerprint density at radius 2 is 1.93 bits per heavy atom. The molecule has 4 aliphatic rings. The summed E-state index contributed by atoms with van der Waals surface area (Å²) >= 11 is 0. The van der Waals surface area contributed by atoms with Crippen LogP contribution in [0.15, 0.2) is 0 Å². The molecule has 0 aromatic heterocycles. The molecule has 4 rings (SSSR count). The van der Waals surface area contributed by atoms with Crippen molar-refractivity contribution in [1.82, 2.24) is 0 Å². The molecule has 170 valence electrons. The minimum Gasteiger partial charge on any atom is -0.469 e. The molecular formula is C26H42O4. The second-order valence-electron chi connectivity index (χ2n) is 11.3. The van der Waals surface area contributed by atoms with E-state index in [1.165, 1.54) is 32.8 Å². The third kappa shape index (κ3) is 3.55. The van der Waals surface area contributed by atoms with Gasteiger partial charge < -0.3 is 9.84 Å². The molecule has 30 heavy (non-hydrogen) atoms. The van der Waals surface area contributed by atoms with Crippen molar-refractivity contribution in [3.05, 3.63) is 0 Å². The number of aliphatic hydroxyl groups excluding tert-OH is 1. The van der Waals surface area contributed by atoms with E-state index in [0.29, 0.717) is 47.7 Å². The smallest absolute Gasteiger partial charge is 0.305 e. The Morgan fingerprint density at radius 1 is 1.17 bits per heavy atom. The quantitative estimate of drug-likeness (QED) is 0.637. The molecule has 4 fully saturated rings. The highest BCUT2D eigenvalue weighted by atomic mass is 16.5. The van der Waals surface area contributed by atoms with Crippen LogP contribution < -0.4 is 0 Å². The third-order valence-electron chi connectivity index (χ3n) is 10.2. The lowest BCUT2D eigenvalue weighted by Gasteiger charge is -2.57. The molecular weight excluding hydrogens is 376 g/mol. The largest absolute Gasteiger partial charge is 0.469 e. The standard InChI is InChI=1S/C26H42O4/c1-5-17-20-14-16(27)7-8-18(20)19-12-13-26(3)21(15(2)6-11-23(28)30-4)9-10-22(26)24(19)25(17)29/h15-22,24,27H,5-14H2,1-4H3/t15-,16-,17+,18-,19?,20+,21-,22?,24?,26-/m1/s1. The van der Waals surface area contributed by atoms with Crippen LogP contribution in [0.5, 0.6) is 0 Å². The van der Waals surface area contributed by atoms with Crippen molar-refractivity contribution in [2.75, 3.05) is 7.11 Å². The molecule has 4 saturated carbocycles. The monoisotopic (exact) mass is 418 g/mol. The highest BCUT2D eigenvalue weighted by Crippen LogP contribution is 2.65. The minimum atomic E-state index is -0.204. The summed E-state index contributed by atoms with van der Waals surface area (Å²) in [6.45, 7) is 6.95. The highest BCUT2D eigenvalue weighted by molar-refractivity contribution is 5.85. The number of hydrogen-bond acceptors (Lipinski definition) is 4. The Kier molecular flexibility index (Phi) is 6.36. The number of esters is 1. The van der Waals surface area contributed by atoms with Crippen molar-refractivity contribution in [2.45, 2.75) is 91.1 Å². The zero-order valence-electron chi connectivity index (χ0n) is 19.4. The SMILES string of the molecule is CC[C@@H]1C(=O)C2C(CC[C@@]3(C)C2CC[C@@H]3[C@H](C)CCC(=O)OC)[C@H]2CC[C@@H](O)C[C@@H]12. The van der Waals surface area contributed by atoms with Crippen LogP contribution in [0.2, 0.25) is 0 Å². The van der Waals surface area contributed by atoms with Gasteiger partial charge in [-0.05, 0) is 98.7 Å². The first kappa shape index (κ1) is 22.3. The summed E-state index contributed by atoms with van der Waals surface area (Å²) in [6.07, 6.45) is 9.77. The van der Waals surface area contributed by atoms with Gasteiger partial charge >= 0.3 is 5.97 Å². The Balaban J connectivity index is 1.55. The molecule has 0 radical (unpaired) electrons. The van der Waals surface area contributed by atoms with Crippen LogP contribution in [0, 0.1) is 52.8 Å². The molecule has 0 aliphatic heterocycles. The topological polar surface area (TPSA) is 63.6 Å². The number of fused-ring (bicyclic) bond motifs is 5. The molecule has 0 aromatic carbocycles. The van der Waals surface area contributed by atoms with E-state index in [-0.39, 0.29) is 29.3 Å². The maximum absolute atomic E-state index is 13.8. The number of methoxy groups -OCH3 is 1. The average molecular weight is 419 g/mol. The summed E-state index contributed by atoms with van der Waals surface area (Å²) in [7, 11) is 1.47. The number of rotatable bonds is 5. The first-order valence-electron chi connectivity index (χ1n) is 12.6. The maximum atomic E-state index is 13.8. The second-order valence-corrected chi connectivity index (χ2v) is 11.3. The second kappa shape index (κ2) is 8.56. The predicted molar refractivity (Wildman–Crippen MR) is 117 cm³/mol. The van der Waals surface area contributed by atoms with Gasteiger partial charge in [0.15, 0.2) is 0 Å². The lowest BCUT2D eigenvalue weighted by atomic mass is 9.46. The van der Waals surface area contributed by atoms with Crippen LogP contribution >= 0.6 is 0 Å². The first-order valence-corrected chi connectivity index (χ1v) is 12.6. The predicted octanol–water partition coefficient (Wildman–Crippen LogP) is 5.02. The summed E-state index contributed by atoms with van der Waals surface area (Å²) in [5.41, 5.74) is 0.228. The van der Waals surface area contributed by atoms with Crippen LogP contribution in [0.25, 0.3) is 0 Å². The van der Waals surface area contributed by atoms with Gasteiger partial charge in [-0.2, -0.15) is 0 Å². The number of carbonyl (C=O) groups excluding carboxylic acids is 2. The van der Waals surface area contributed by atoms with Gasteiger partial charge in [-0.3, -0.25) is 9.59 Å². The lowest BCUT2D eigenvalue weighted by Crippen LogP contribution is -2.56. The number of aliphatic hydroxyl groups is 1.